The minimum atomic E-state index is -1.25. The topological polar surface area (TPSA) is 82.7 Å². The van der Waals surface area contributed by atoms with Gasteiger partial charge in [0.05, 0.1) is 12.1 Å². The van der Waals surface area contributed by atoms with Gasteiger partial charge in [-0.25, -0.2) is 0 Å². The molecule has 0 bridgehead atoms. The third-order valence-electron chi connectivity index (χ3n) is 3.36. The number of phenols is 1. The highest BCUT2D eigenvalue weighted by molar-refractivity contribution is 5.96. The first kappa shape index (κ1) is 15.1. The van der Waals surface area contributed by atoms with E-state index in [4.69, 9.17) is 4.42 Å². The Morgan fingerprint density at radius 2 is 2.00 bits per heavy atom. The van der Waals surface area contributed by atoms with Gasteiger partial charge in [-0.3, -0.25) is 4.79 Å². The second-order valence-corrected chi connectivity index (χ2v) is 5.30. The van der Waals surface area contributed by atoms with E-state index in [1.807, 2.05) is 0 Å². The summed E-state index contributed by atoms with van der Waals surface area (Å²) in [5, 5.41) is 22.8. The largest absolute Gasteiger partial charge is 0.507 e. The third-order valence-corrected chi connectivity index (χ3v) is 3.36. The zero-order valence-electron chi connectivity index (χ0n) is 12.3. The summed E-state index contributed by atoms with van der Waals surface area (Å²) in [4.78, 5) is 12.0. The number of hydrogen-bond donors (Lipinski definition) is 3. The van der Waals surface area contributed by atoms with Crippen molar-refractivity contribution in [3.05, 3.63) is 53.0 Å². The summed E-state index contributed by atoms with van der Waals surface area (Å²) in [6.45, 7) is 5.18. The van der Waals surface area contributed by atoms with E-state index in [0.717, 1.165) is 0 Å². The molecule has 3 N–H and O–H groups in total. The fourth-order valence-corrected chi connectivity index (χ4v) is 2.27. The fourth-order valence-electron chi connectivity index (χ4n) is 2.27. The van der Waals surface area contributed by atoms with Crippen LogP contribution in [0.25, 0.3) is 0 Å². The standard InChI is InChI=1S/C16H19NO4/c1-10-8-13(11(2)21-10)16(3,20)9-17-15(19)12-6-4-5-7-14(12)18/h4-8,18,20H,9H2,1-3H3,(H,17,19). The quantitative estimate of drug-likeness (QED) is 0.806. The number of hydrogen-bond acceptors (Lipinski definition) is 4. The van der Waals surface area contributed by atoms with Crippen LogP contribution < -0.4 is 5.32 Å². The van der Waals surface area contributed by atoms with Gasteiger partial charge >= 0.3 is 0 Å². The van der Waals surface area contributed by atoms with Gasteiger partial charge in [0.15, 0.2) is 0 Å². The van der Waals surface area contributed by atoms with E-state index in [1.165, 1.54) is 12.1 Å². The minimum absolute atomic E-state index is 0.0139. The van der Waals surface area contributed by atoms with E-state index in [1.54, 1.807) is 39.0 Å². The van der Waals surface area contributed by atoms with Crippen LogP contribution in [0.15, 0.2) is 34.7 Å². The third kappa shape index (κ3) is 3.25. The van der Waals surface area contributed by atoms with Gasteiger partial charge in [0.2, 0.25) is 0 Å². The van der Waals surface area contributed by atoms with E-state index in [-0.39, 0.29) is 17.9 Å². The number of carbonyl (C=O) groups is 1. The molecule has 5 heteroatoms. The molecule has 0 aliphatic carbocycles. The highest BCUT2D eigenvalue weighted by atomic mass is 16.3. The summed E-state index contributed by atoms with van der Waals surface area (Å²) in [5.41, 5.74) is -0.437. The number of aromatic hydroxyl groups is 1. The van der Waals surface area contributed by atoms with Crippen LogP contribution in [0.5, 0.6) is 5.75 Å². The molecular formula is C16H19NO4. The van der Waals surface area contributed by atoms with E-state index >= 15 is 0 Å². The molecule has 112 valence electrons. The van der Waals surface area contributed by atoms with Crippen LogP contribution in [-0.4, -0.2) is 22.7 Å². The zero-order chi connectivity index (χ0) is 15.6. The Morgan fingerprint density at radius 3 is 2.57 bits per heavy atom. The average Bonchev–Trinajstić information content (AvgIpc) is 2.76. The summed E-state index contributed by atoms with van der Waals surface area (Å²) >= 11 is 0. The average molecular weight is 289 g/mol. The molecule has 0 aliphatic rings. The van der Waals surface area contributed by atoms with Crippen LogP contribution in [0.2, 0.25) is 0 Å². The Balaban J connectivity index is 2.10. The molecule has 21 heavy (non-hydrogen) atoms. The number of furan rings is 1. The Morgan fingerprint density at radius 1 is 1.33 bits per heavy atom. The number of carbonyl (C=O) groups excluding carboxylic acids is 1. The predicted molar refractivity (Wildman–Crippen MR) is 78.2 cm³/mol. The molecule has 0 fully saturated rings. The summed E-state index contributed by atoms with van der Waals surface area (Å²) in [6.07, 6.45) is 0. The molecule has 1 aromatic heterocycles. The van der Waals surface area contributed by atoms with Crippen molar-refractivity contribution >= 4 is 5.91 Å². The number of benzene rings is 1. The van der Waals surface area contributed by atoms with Crippen molar-refractivity contribution in [2.75, 3.05) is 6.54 Å². The van der Waals surface area contributed by atoms with Crippen molar-refractivity contribution in [2.45, 2.75) is 26.4 Å². The van der Waals surface area contributed by atoms with Gasteiger partial charge in [0.25, 0.3) is 5.91 Å². The van der Waals surface area contributed by atoms with Gasteiger partial charge in [0.1, 0.15) is 22.9 Å². The van der Waals surface area contributed by atoms with Crippen LogP contribution in [0.1, 0.15) is 34.4 Å². The maximum Gasteiger partial charge on any atom is 0.255 e. The lowest BCUT2D eigenvalue weighted by Crippen LogP contribution is -2.38. The smallest absolute Gasteiger partial charge is 0.255 e. The summed E-state index contributed by atoms with van der Waals surface area (Å²) in [7, 11) is 0. The zero-order valence-corrected chi connectivity index (χ0v) is 12.3. The van der Waals surface area contributed by atoms with E-state index in [2.05, 4.69) is 5.32 Å². The molecule has 0 spiro atoms. The fraction of sp³-hybridized carbons (Fsp3) is 0.312. The maximum atomic E-state index is 12.0. The van der Waals surface area contributed by atoms with Gasteiger partial charge in [-0.2, -0.15) is 0 Å². The van der Waals surface area contributed by atoms with Gasteiger partial charge in [0, 0.05) is 5.56 Å². The van der Waals surface area contributed by atoms with Crippen LogP contribution in [0.4, 0.5) is 0 Å². The minimum Gasteiger partial charge on any atom is -0.507 e. The Kier molecular flexibility index (Phi) is 4.04. The van der Waals surface area contributed by atoms with Gasteiger partial charge < -0.3 is 19.9 Å². The number of rotatable bonds is 4. The van der Waals surface area contributed by atoms with Crippen molar-refractivity contribution in [1.29, 1.82) is 0 Å². The van der Waals surface area contributed by atoms with Crippen molar-refractivity contribution in [2.24, 2.45) is 0 Å². The lowest BCUT2D eigenvalue weighted by atomic mass is 9.96. The first-order valence-electron chi connectivity index (χ1n) is 6.67. The Labute approximate surface area is 123 Å². The van der Waals surface area contributed by atoms with E-state index < -0.39 is 11.5 Å². The van der Waals surface area contributed by atoms with Crippen molar-refractivity contribution in [3.63, 3.8) is 0 Å². The predicted octanol–water partition coefficient (Wildman–Crippen LogP) is 2.24. The highest BCUT2D eigenvalue weighted by Gasteiger charge is 2.28. The molecule has 5 nitrogen and oxygen atoms in total. The maximum absolute atomic E-state index is 12.0. The molecule has 0 radical (unpaired) electrons. The monoisotopic (exact) mass is 289 g/mol. The molecule has 1 heterocycles. The first-order valence-corrected chi connectivity index (χ1v) is 6.67. The lowest BCUT2D eigenvalue weighted by Gasteiger charge is -2.23. The Bertz CT molecular complexity index is 658. The van der Waals surface area contributed by atoms with Crippen LogP contribution in [0.3, 0.4) is 0 Å². The number of para-hydroxylation sites is 1. The van der Waals surface area contributed by atoms with Crippen LogP contribution in [0, 0.1) is 13.8 Å². The van der Waals surface area contributed by atoms with Crippen molar-refractivity contribution in [1.82, 2.24) is 5.32 Å². The molecule has 2 aromatic rings. The SMILES string of the molecule is Cc1cc(C(C)(O)CNC(=O)c2ccccc2O)c(C)o1. The Hall–Kier alpha value is -2.27. The molecule has 1 aromatic carbocycles. The molecule has 2 rings (SSSR count). The lowest BCUT2D eigenvalue weighted by molar-refractivity contribution is 0.0513. The molecular weight excluding hydrogens is 270 g/mol. The molecule has 0 saturated heterocycles. The molecule has 1 unspecified atom stereocenters. The van der Waals surface area contributed by atoms with Crippen molar-refractivity contribution in [3.8, 4) is 5.75 Å². The molecule has 1 amide bonds. The van der Waals surface area contributed by atoms with E-state index in [9.17, 15) is 15.0 Å². The highest BCUT2D eigenvalue weighted by Crippen LogP contribution is 2.26. The molecule has 0 aliphatic heterocycles. The normalized spacial score (nSPS) is 13.7. The summed E-state index contributed by atoms with van der Waals surface area (Å²) in [6, 6.07) is 8.01. The molecule has 0 saturated carbocycles. The first-order chi connectivity index (χ1) is 9.81. The summed E-state index contributed by atoms with van der Waals surface area (Å²) in [5.74, 6) is 0.792. The van der Waals surface area contributed by atoms with E-state index in [0.29, 0.717) is 17.1 Å². The van der Waals surface area contributed by atoms with Gasteiger partial charge in [-0.1, -0.05) is 12.1 Å². The van der Waals surface area contributed by atoms with Crippen LogP contribution >= 0.6 is 0 Å². The number of phenolic OH excluding ortho intramolecular Hbond substituents is 1. The number of amides is 1. The van der Waals surface area contributed by atoms with Gasteiger partial charge in [-0.05, 0) is 39.0 Å². The van der Waals surface area contributed by atoms with Crippen molar-refractivity contribution < 1.29 is 19.4 Å². The molecule has 1 atom stereocenters. The number of aliphatic hydroxyl groups is 1. The second-order valence-electron chi connectivity index (χ2n) is 5.30. The van der Waals surface area contributed by atoms with Crippen LogP contribution in [-0.2, 0) is 5.60 Å². The summed E-state index contributed by atoms with van der Waals surface area (Å²) < 4.78 is 5.40. The van der Waals surface area contributed by atoms with Gasteiger partial charge in [-0.15, -0.1) is 0 Å². The number of nitrogens with one attached hydrogen (secondary N) is 1. The number of aryl methyl sites for hydroxylation is 2. The second kappa shape index (κ2) is 5.61.